The Labute approximate surface area is 154 Å². The SMILES string of the molecule is Cc1cccc2sc(C=Cc3ccc(N4CCCCC4)cc3)[n+](C)c12. The van der Waals surface area contributed by atoms with Gasteiger partial charge in [-0.25, -0.2) is 0 Å². The van der Waals surface area contributed by atoms with Gasteiger partial charge in [0, 0.05) is 30.4 Å². The minimum atomic E-state index is 1.20. The number of hydrogen-bond donors (Lipinski definition) is 0. The zero-order valence-electron chi connectivity index (χ0n) is 15.0. The lowest BCUT2D eigenvalue weighted by atomic mass is 10.1. The fourth-order valence-corrected chi connectivity index (χ4v) is 4.83. The number of fused-ring (bicyclic) bond motifs is 1. The van der Waals surface area contributed by atoms with Crippen molar-refractivity contribution in [2.24, 2.45) is 7.05 Å². The molecule has 2 heterocycles. The maximum Gasteiger partial charge on any atom is 0.262 e. The van der Waals surface area contributed by atoms with Crippen molar-refractivity contribution in [3.8, 4) is 0 Å². The molecule has 0 radical (unpaired) electrons. The molecule has 1 saturated heterocycles. The summed E-state index contributed by atoms with van der Waals surface area (Å²) in [6.07, 6.45) is 8.48. The third-order valence-corrected chi connectivity index (χ3v) is 6.28. The standard InChI is InChI=1S/C22H25N2S/c1-17-7-6-8-20-22(17)23(2)21(25-20)14-11-18-9-12-19(13-10-18)24-15-4-3-5-16-24/h6-14H,3-5,15-16H2,1-2H3/q+1. The fraction of sp³-hybridized carbons (Fsp3) is 0.318. The van der Waals surface area contributed by atoms with Gasteiger partial charge in [-0.2, -0.15) is 4.57 Å². The van der Waals surface area contributed by atoms with Crippen LogP contribution in [0.4, 0.5) is 5.69 Å². The molecule has 3 aromatic rings. The normalized spacial score (nSPS) is 15.4. The van der Waals surface area contributed by atoms with Gasteiger partial charge in [-0.05, 0) is 56.0 Å². The van der Waals surface area contributed by atoms with Crippen LogP contribution in [0.3, 0.4) is 0 Å². The van der Waals surface area contributed by atoms with Crippen molar-refractivity contribution < 1.29 is 4.57 Å². The van der Waals surface area contributed by atoms with Crippen LogP contribution in [0.15, 0.2) is 42.5 Å². The van der Waals surface area contributed by atoms with Crippen molar-refractivity contribution in [2.45, 2.75) is 26.2 Å². The van der Waals surface area contributed by atoms with Crippen LogP contribution in [-0.4, -0.2) is 13.1 Å². The zero-order chi connectivity index (χ0) is 17.2. The molecule has 0 aliphatic carbocycles. The molecule has 1 aromatic heterocycles. The van der Waals surface area contributed by atoms with Gasteiger partial charge in [0.05, 0.1) is 0 Å². The Balaban J connectivity index is 1.55. The molecule has 0 unspecified atom stereocenters. The Bertz CT molecular complexity index is 900. The quantitative estimate of drug-likeness (QED) is 0.590. The molecule has 2 aromatic carbocycles. The molecule has 1 aliphatic heterocycles. The second-order valence-corrected chi connectivity index (χ2v) is 7.96. The molecule has 4 rings (SSSR count). The topological polar surface area (TPSA) is 7.12 Å². The highest BCUT2D eigenvalue weighted by Gasteiger charge is 2.16. The minimum absolute atomic E-state index is 1.20. The Morgan fingerprint density at radius 3 is 2.44 bits per heavy atom. The van der Waals surface area contributed by atoms with Crippen molar-refractivity contribution in [3.05, 3.63) is 58.6 Å². The molecular formula is C22H25N2S+. The largest absolute Gasteiger partial charge is 0.372 e. The van der Waals surface area contributed by atoms with Crippen LogP contribution < -0.4 is 9.47 Å². The van der Waals surface area contributed by atoms with E-state index >= 15 is 0 Å². The molecule has 1 aliphatic rings. The van der Waals surface area contributed by atoms with Crippen LogP contribution in [0.2, 0.25) is 0 Å². The Hall–Kier alpha value is -2.13. The third-order valence-electron chi connectivity index (χ3n) is 5.11. The number of piperidine rings is 1. The van der Waals surface area contributed by atoms with E-state index in [1.165, 1.54) is 64.4 Å². The van der Waals surface area contributed by atoms with Gasteiger partial charge in [-0.15, -0.1) is 0 Å². The minimum Gasteiger partial charge on any atom is -0.372 e. The first-order chi connectivity index (χ1) is 12.2. The van der Waals surface area contributed by atoms with Crippen LogP contribution in [0, 0.1) is 6.92 Å². The summed E-state index contributed by atoms with van der Waals surface area (Å²) in [4.78, 5) is 2.51. The van der Waals surface area contributed by atoms with Gasteiger partial charge in [0.25, 0.3) is 5.01 Å². The van der Waals surface area contributed by atoms with E-state index in [2.05, 4.69) is 78.1 Å². The summed E-state index contributed by atoms with van der Waals surface area (Å²) in [6, 6.07) is 15.5. The number of benzene rings is 2. The van der Waals surface area contributed by atoms with E-state index in [-0.39, 0.29) is 0 Å². The predicted octanol–water partition coefficient (Wildman–Crippen LogP) is 5.19. The Kier molecular flexibility index (Phi) is 4.58. The summed E-state index contributed by atoms with van der Waals surface area (Å²) >= 11 is 1.85. The molecule has 0 amide bonds. The average Bonchev–Trinajstić information content (AvgIpc) is 2.98. The van der Waals surface area contributed by atoms with Crippen LogP contribution in [0.1, 0.15) is 35.4 Å². The summed E-state index contributed by atoms with van der Waals surface area (Å²) in [5, 5.41) is 1.28. The van der Waals surface area contributed by atoms with Crippen molar-refractivity contribution >= 4 is 39.4 Å². The van der Waals surface area contributed by atoms with Gasteiger partial charge in [-0.1, -0.05) is 35.6 Å². The Morgan fingerprint density at radius 1 is 0.960 bits per heavy atom. The molecule has 0 spiro atoms. The van der Waals surface area contributed by atoms with E-state index in [1.54, 1.807) is 0 Å². The highest BCUT2D eigenvalue weighted by atomic mass is 32.1. The maximum atomic E-state index is 2.51. The van der Waals surface area contributed by atoms with Crippen LogP contribution >= 0.6 is 11.3 Å². The van der Waals surface area contributed by atoms with E-state index in [4.69, 9.17) is 0 Å². The molecular weight excluding hydrogens is 324 g/mol. The van der Waals surface area contributed by atoms with Crippen LogP contribution in [0.25, 0.3) is 22.4 Å². The third kappa shape index (κ3) is 3.34. The first-order valence-corrected chi connectivity index (χ1v) is 9.95. The maximum absolute atomic E-state index is 2.51. The highest BCUT2D eigenvalue weighted by Crippen LogP contribution is 2.25. The summed E-state index contributed by atoms with van der Waals surface area (Å²) in [7, 11) is 2.16. The number of nitrogens with zero attached hydrogens (tertiary/aromatic N) is 2. The second kappa shape index (κ2) is 7.01. The lowest BCUT2D eigenvalue weighted by Crippen LogP contribution is -2.29. The number of rotatable bonds is 3. The van der Waals surface area contributed by atoms with Gasteiger partial charge < -0.3 is 4.90 Å². The van der Waals surface area contributed by atoms with Gasteiger partial charge in [0.15, 0.2) is 0 Å². The van der Waals surface area contributed by atoms with E-state index in [0.29, 0.717) is 0 Å². The van der Waals surface area contributed by atoms with Crippen molar-refractivity contribution in [2.75, 3.05) is 18.0 Å². The number of aryl methyl sites for hydroxylation is 2. The zero-order valence-corrected chi connectivity index (χ0v) is 15.9. The number of hydrogen-bond acceptors (Lipinski definition) is 2. The summed E-state index contributed by atoms with van der Waals surface area (Å²) in [5.74, 6) is 0. The molecule has 0 atom stereocenters. The average molecular weight is 350 g/mol. The molecule has 128 valence electrons. The molecule has 1 fully saturated rings. The van der Waals surface area contributed by atoms with E-state index < -0.39 is 0 Å². The van der Waals surface area contributed by atoms with E-state index in [9.17, 15) is 0 Å². The van der Waals surface area contributed by atoms with Crippen LogP contribution in [-0.2, 0) is 7.05 Å². The van der Waals surface area contributed by atoms with Crippen molar-refractivity contribution in [3.63, 3.8) is 0 Å². The first kappa shape index (κ1) is 16.3. The molecule has 0 bridgehead atoms. The predicted molar refractivity (Wildman–Crippen MR) is 109 cm³/mol. The summed E-state index contributed by atoms with van der Waals surface area (Å²) in [5.41, 5.74) is 5.30. The monoisotopic (exact) mass is 349 g/mol. The highest BCUT2D eigenvalue weighted by molar-refractivity contribution is 7.18. The van der Waals surface area contributed by atoms with E-state index in [0.717, 1.165) is 0 Å². The van der Waals surface area contributed by atoms with E-state index in [1.807, 2.05) is 11.3 Å². The van der Waals surface area contributed by atoms with Gasteiger partial charge in [0.2, 0.25) is 5.52 Å². The van der Waals surface area contributed by atoms with Gasteiger partial charge in [-0.3, -0.25) is 0 Å². The molecule has 25 heavy (non-hydrogen) atoms. The number of thiazole rings is 1. The van der Waals surface area contributed by atoms with Gasteiger partial charge in [0.1, 0.15) is 11.7 Å². The fourth-order valence-electron chi connectivity index (χ4n) is 3.70. The lowest BCUT2D eigenvalue weighted by Gasteiger charge is -2.28. The van der Waals surface area contributed by atoms with Crippen LogP contribution in [0.5, 0.6) is 0 Å². The first-order valence-electron chi connectivity index (χ1n) is 9.13. The van der Waals surface area contributed by atoms with Crippen molar-refractivity contribution in [1.82, 2.24) is 0 Å². The Morgan fingerprint density at radius 2 is 1.72 bits per heavy atom. The summed E-state index contributed by atoms with van der Waals surface area (Å²) in [6.45, 7) is 4.58. The number of para-hydroxylation sites is 1. The second-order valence-electron chi connectivity index (χ2n) is 6.89. The molecule has 3 heteroatoms. The van der Waals surface area contributed by atoms with Gasteiger partial charge >= 0.3 is 0 Å². The van der Waals surface area contributed by atoms with Crippen molar-refractivity contribution in [1.29, 1.82) is 0 Å². The number of aromatic nitrogens is 1. The molecule has 2 nitrogen and oxygen atoms in total. The molecule has 0 N–H and O–H groups in total. The molecule has 0 saturated carbocycles. The lowest BCUT2D eigenvalue weighted by molar-refractivity contribution is -0.642. The summed E-state index contributed by atoms with van der Waals surface area (Å²) < 4.78 is 3.65. The smallest absolute Gasteiger partial charge is 0.262 e. The number of anilines is 1.